The molecule has 0 aromatic carbocycles. The van der Waals surface area contributed by atoms with Crippen molar-refractivity contribution in [2.24, 2.45) is 0 Å². The Morgan fingerprint density at radius 2 is 2.09 bits per heavy atom. The molecule has 0 aromatic heterocycles. The van der Waals surface area contributed by atoms with Gasteiger partial charge in [-0.2, -0.15) is 0 Å². The van der Waals surface area contributed by atoms with Gasteiger partial charge in [0.2, 0.25) is 0 Å². The molecule has 11 heavy (non-hydrogen) atoms. The lowest BCUT2D eigenvalue weighted by molar-refractivity contribution is -0.141. The van der Waals surface area contributed by atoms with Crippen LogP contribution in [0.5, 0.6) is 0 Å². The van der Waals surface area contributed by atoms with E-state index in [1.807, 2.05) is 0 Å². The van der Waals surface area contributed by atoms with Crippen LogP contribution < -0.4 is 10.6 Å². The van der Waals surface area contributed by atoms with E-state index in [1.165, 1.54) is 7.05 Å². The van der Waals surface area contributed by atoms with E-state index in [0.29, 0.717) is 6.61 Å². The fraction of sp³-hybridized carbons (Fsp3) is 0.667. The van der Waals surface area contributed by atoms with Crippen molar-refractivity contribution in [1.29, 1.82) is 0 Å². The number of hydrogen-bond acceptors (Lipinski definition) is 3. The van der Waals surface area contributed by atoms with Crippen LogP contribution >= 0.6 is 0 Å². The summed E-state index contributed by atoms with van der Waals surface area (Å²) in [4.78, 5) is 21.1. The van der Waals surface area contributed by atoms with Crippen molar-refractivity contribution in [3.05, 3.63) is 0 Å². The van der Waals surface area contributed by atoms with Crippen LogP contribution in [0.3, 0.4) is 0 Å². The van der Waals surface area contributed by atoms with Gasteiger partial charge in [-0.15, -0.1) is 0 Å². The fourth-order valence-corrected chi connectivity index (χ4v) is 0.453. The fourth-order valence-electron chi connectivity index (χ4n) is 0.453. The molecule has 0 aromatic rings. The van der Waals surface area contributed by atoms with E-state index in [9.17, 15) is 9.59 Å². The highest BCUT2D eigenvalue weighted by molar-refractivity contribution is 5.80. The highest BCUT2D eigenvalue weighted by atomic mass is 16.5. The van der Waals surface area contributed by atoms with E-state index in [4.69, 9.17) is 0 Å². The molecule has 0 fully saturated rings. The van der Waals surface area contributed by atoms with Crippen LogP contribution in [0.25, 0.3) is 0 Å². The normalized spacial score (nSPS) is 8.55. The van der Waals surface area contributed by atoms with Gasteiger partial charge in [-0.1, -0.05) is 0 Å². The molecule has 5 heteroatoms. The average Bonchev–Trinajstić information content (AvgIpc) is 2.01. The zero-order valence-corrected chi connectivity index (χ0v) is 6.64. The third-order valence-corrected chi connectivity index (χ3v) is 0.926. The molecule has 0 aliphatic heterocycles. The first-order chi connectivity index (χ1) is 5.20. The van der Waals surface area contributed by atoms with Gasteiger partial charge in [0.05, 0.1) is 6.61 Å². The Hall–Kier alpha value is -1.26. The van der Waals surface area contributed by atoms with E-state index in [1.54, 1.807) is 6.92 Å². The molecule has 0 aliphatic rings. The summed E-state index contributed by atoms with van der Waals surface area (Å²) < 4.78 is 4.56. The standard InChI is InChI=1S/C6H12N2O3/c1-3-11-5(9)4-8-6(10)7-2/h3-4H2,1-2H3,(H2,7,8,10). The van der Waals surface area contributed by atoms with Crippen LogP contribution in [0.15, 0.2) is 0 Å². The van der Waals surface area contributed by atoms with Crippen molar-refractivity contribution in [2.75, 3.05) is 20.2 Å². The number of carbonyl (C=O) groups is 2. The SMILES string of the molecule is CCOC(=O)CNC(=O)NC. The third kappa shape index (κ3) is 5.20. The van der Waals surface area contributed by atoms with Gasteiger partial charge in [-0.25, -0.2) is 4.79 Å². The molecule has 0 spiro atoms. The van der Waals surface area contributed by atoms with E-state index in [-0.39, 0.29) is 6.54 Å². The van der Waals surface area contributed by atoms with Gasteiger partial charge in [0.25, 0.3) is 0 Å². The van der Waals surface area contributed by atoms with Crippen molar-refractivity contribution >= 4 is 12.0 Å². The van der Waals surface area contributed by atoms with Crippen LogP contribution in [0.4, 0.5) is 4.79 Å². The summed E-state index contributed by atoms with van der Waals surface area (Å²) in [5.41, 5.74) is 0. The van der Waals surface area contributed by atoms with Crippen LogP contribution in [-0.2, 0) is 9.53 Å². The molecule has 64 valence electrons. The summed E-state index contributed by atoms with van der Waals surface area (Å²) in [7, 11) is 1.47. The second kappa shape index (κ2) is 5.52. The Balaban J connectivity index is 3.38. The second-order valence-electron chi connectivity index (χ2n) is 1.74. The van der Waals surface area contributed by atoms with Crippen LogP contribution in [0, 0.1) is 0 Å². The Morgan fingerprint density at radius 1 is 1.45 bits per heavy atom. The van der Waals surface area contributed by atoms with Gasteiger partial charge in [-0.3, -0.25) is 4.79 Å². The number of urea groups is 1. The first-order valence-electron chi connectivity index (χ1n) is 3.32. The molecule has 0 aliphatic carbocycles. The first kappa shape index (κ1) is 9.74. The number of carbonyl (C=O) groups excluding carboxylic acids is 2. The molecule has 0 saturated heterocycles. The van der Waals surface area contributed by atoms with E-state index in [2.05, 4.69) is 15.4 Å². The minimum Gasteiger partial charge on any atom is -0.465 e. The largest absolute Gasteiger partial charge is 0.465 e. The van der Waals surface area contributed by atoms with Gasteiger partial charge >= 0.3 is 12.0 Å². The van der Waals surface area contributed by atoms with Crippen molar-refractivity contribution in [3.8, 4) is 0 Å². The summed E-state index contributed by atoms with van der Waals surface area (Å²) in [6, 6.07) is -0.391. The van der Waals surface area contributed by atoms with Gasteiger partial charge < -0.3 is 15.4 Å². The number of nitrogens with one attached hydrogen (secondary N) is 2. The van der Waals surface area contributed by atoms with Gasteiger partial charge in [-0.05, 0) is 6.92 Å². The summed E-state index contributed by atoms with van der Waals surface area (Å²) in [6.07, 6.45) is 0. The summed E-state index contributed by atoms with van der Waals surface area (Å²) >= 11 is 0. The van der Waals surface area contributed by atoms with E-state index < -0.39 is 12.0 Å². The first-order valence-corrected chi connectivity index (χ1v) is 3.32. The Morgan fingerprint density at radius 3 is 2.55 bits per heavy atom. The Labute approximate surface area is 65.1 Å². The number of hydrogen-bond donors (Lipinski definition) is 2. The molecule has 0 heterocycles. The molecule has 0 saturated carbocycles. The molecular formula is C6H12N2O3. The maximum Gasteiger partial charge on any atom is 0.325 e. The summed E-state index contributed by atoms with van der Waals surface area (Å²) in [5.74, 6) is -0.434. The molecule has 0 rings (SSSR count). The highest BCUT2D eigenvalue weighted by Crippen LogP contribution is 1.74. The zero-order chi connectivity index (χ0) is 8.69. The van der Waals surface area contributed by atoms with Crippen molar-refractivity contribution in [3.63, 3.8) is 0 Å². The molecular weight excluding hydrogens is 148 g/mol. The zero-order valence-electron chi connectivity index (χ0n) is 6.64. The van der Waals surface area contributed by atoms with Crippen LogP contribution in [-0.4, -0.2) is 32.2 Å². The number of esters is 1. The number of ether oxygens (including phenoxy) is 1. The van der Waals surface area contributed by atoms with Crippen molar-refractivity contribution in [1.82, 2.24) is 10.6 Å². The topological polar surface area (TPSA) is 67.4 Å². The highest BCUT2D eigenvalue weighted by Gasteiger charge is 2.02. The lowest BCUT2D eigenvalue weighted by Gasteiger charge is -2.02. The van der Waals surface area contributed by atoms with Crippen LogP contribution in [0.2, 0.25) is 0 Å². The van der Waals surface area contributed by atoms with E-state index in [0.717, 1.165) is 0 Å². The predicted molar refractivity (Wildman–Crippen MR) is 39.1 cm³/mol. The third-order valence-electron chi connectivity index (χ3n) is 0.926. The van der Waals surface area contributed by atoms with Gasteiger partial charge in [0.1, 0.15) is 6.54 Å². The monoisotopic (exact) mass is 160 g/mol. The Bertz CT molecular complexity index is 147. The smallest absolute Gasteiger partial charge is 0.325 e. The summed E-state index contributed by atoms with van der Waals surface area (Å²) in [6.45, 7) is 1.94. The minimum atomic E-state index is -0.434. The molecule has 0 unspecified atom stereocenters. The lowest BCUT2D eigenvalue weighted by atomic mass is 10.6. The molecule has 2 N–H and O–H groups in total. The maximum atomic E-state index is 10.6. The van der Waals surface area contributed by atoms with Gasteiger partial charge in [0, 0.05) is 7.05 Å². The second-order valence-corrected chi connectivity index (χ2v) is 1.74. The predicted octanol–water partition coefficient (Wildman–Crippen LogP) is -0.521. The van der Waals surface area contributed by atoms with Crippen molar-refractivity contribution < 1.29 is 14.3 Å². The van der Waals surface area contributed by atoms with Crippen LogP contribution in [0.1, 0.15) is 6.92 Å². The quantitative estimate of drug-likeness (QED) is 0.546. The average molecular weight is 160 g/mol. The molecule has 0 atom stereocenters. The Kier molecular flexibility index (Phi) is 4.89. The van der Waals surface area contributed by atoms with Gasteiger partial charge in [0.15, 0.2) is 0 Å². The molecule has 5 nitrogen and oxygen atoms in total. The number of rotatable bonds is 3. The maximum absolute atomic E-state index is 10.6. The minimum absolute atomic E-state index is 0.0898. The number of amides is 2. The molecule has 0 radical (unpaired) electrons. The lowest BCUT2D eigenvalue weighted by Crippen LogP contribution is -2.36. The van der Waals surface area contributed by atoms with Crippen molar-refractivity contribution in [2.45, 2.75) is 6.92 Å². The molecule has 2 amide bonds. The summed E-state index contributed by atoms with van der Waals surface area (Å²) in [5, 5.41) is 4.60. The van der Waals surface area contributed by atoms with E-state index >= 15 is 0 Å². The molecule has 0 bridgehead atoms.